The van der Waals surface area contributed by atoms with Crippen molar-refractivity contribution in [2.24, 2.45) is 0 Å². The van der Waals surface area contributed by atoms with E-state index in [1.165, 1.54) is 12.1 Å². The van der Waals surface area contributed by atoms with E-state index in [9.17, 15) is 8.78 Å². The molecule has 1 N–H and O–H groups in total. The lowest BCUT2D eigenvalue weighted by molar-refractivity contribution is 0.560. The molecule has 0 unspecified atom stereocenters. The van der Waals surface area contributed by atoms with Crippen LogP contribution in [0.3, 0.4) is 0 Å². The average molecular weight is 495 g/mol. The number of hydrogen-bond donors (Lipinski definition) is 1. The topological polar surface area (TPSA) is 87.9 Å². The van der Waals surface area contributed by atoms with Gasteiger partial charge in [0.15, 0.2) is 17.3 Å². The van der Waals surface area contributed by atoms with Crippen molar-refractivity contribution in [1.82, 2.24) is 34.8 Å². The first-order valence-corrected chi connectivity index (χ1v) is 12.0. The van der Waals surface area contributed by atoms with Crippen molar-refractivity contribution in [3.8, 4) is 22.8 Å². The van der Waals surface area contributed by atoms with Gasteiger partial charge < -0.3 is 4.90 Å². The van der Waals surface area contributed by atoms with Gasteiger partial charge in [-0.1, -0.05) is 6.07 Å². The maximum atomic E-state index is 14.6. The fraction of sp³-hybridized carbons (Fsp3) is 0.148. The maximum Gasteiger partial charge on any atom is 0.181 e. The normalized spacial score (nSPS) is 15.7. The largest absolute Gasteiger partial charge is 0.349 e. The van der Waals surface area contributed by atoms with Crippen molar-refractivity contribution in [2.75, 3.05) is 11.4 Å². The molecular formula is C27H20F2N8. The van der Waals surface area contributed by atoms with Crippen LogP contribution in [0, 0.1) is 11.6 Å². The van der Waals surface area contributed by atoms with E-state index in [1.807, 2.05) is 47.5 Å². The fourth-order valence-corrected chi connectivity index (χ4v) is 5.05. The Labute approximate surface area is 209 Å². The van der Waals surface area contributed by atoms with E-state index in [1.54, 1.807) is 16.9 Å². The van der Waals surface area contributed by atoms with Crippen molar-refractivity contribution in [3.05, 3.63) is 90.4 Å². The molecule has 0 radical (unpaired) electrons. The van der Waals surface area contributed by atoms with Crippen LogP contribution in [-0.2, 0) is 0 Å². The summed E-state index contributed by atoms with van der Waals surface area (Å²) in [6, 6.07) is 14.9. The summed E-state index contributed by atoms with van der Waals surface area (Å²) in [4.78, 5) is 15.9. The molecule has 4 aromatic heterocycles. The first-order valence-electron chi connectivity index (χ1n) is 12.0. The number of aromatic nitrogens is 7. The molecular weight excluding hydrogens is 474 g/mol. The highest BCUT2D eigenvalue weighted by Crippen LogP contribution is 2.37. The van der Waals surface area contributed by atoms with Crippen LogP contribution in [0.5, 0.6) is 0 Å². The van der Waals surface area contributed by atoms with E-state index >= 15 is 0 Å². The molecule has 0 spiro atoms. The predicted molar refractivity (Wildman–Crippen MR) is 135 cm³/mol. The van der Waals surface area contributed by atoms with E-state index in [2.05, 4.69) is 20.3 Å². The molecule has 5 heterocycles. The minimum Gasteiger partial charge on any atom is -0.349 e. The molecule has 0 saturated carbocycles. The van der Waals surface area contributed by atoms with Crippen molar-refractivity contribution < 1.29 is 8.78 Å². The molecule has 182 valence electrons. The lowest BCUT2D eigenvalue weighted by Crippen LogP contribution is -2.24. The number of nitrogens with one attached hydrogen (secondary N) is 1. The molecule has 10 heteroatoms. The van der Waals surface area contributed by atoms with E-state index in [0.29, 0.717) is 47.2 Å². The lowest BCUT2D eigenvalue weighted by Gasteiger charge is -2.26. The number of nitrogens with zero attached hydrogens (tertiary/aromatic N) is 7. The molecule has 6 aromatic rings. The highest BCUT2D eigenvalue weighted by Gasteiger charge is 2.30. The zero-order valence-corrected chi connectivity index (χ0v) is 19.5. The van der Waals surface area contributed by atoms with Crippen LogP contribution in [-0.4, -0.2) is 41.3 Å². The monoisotopic (exact) mass is 494 g/mol. The first-order chi connectivity index (χ1) is 18.1. The Hall–Kier alpha value is -4.73. The van der Waals surface area contributed by atoms with Crippen LogP contribution in [0.4, 0.5) is 14.6 Å². The molecule has 7 rings (SSSR count). The van der Waals surface area contributed by atoms with Crippen LogP contribution in [0.15, 0.2) is 73.2 Å². The summed E-state index contributed by atoms with van der Waals surface area (Å²) in [7, 11) is 0. The van der Waals surface area contributed by atoms with Crippen LogP contribution in [0.25, 0.3) is 39.3 Å². The second-order valence-electron chi connectivity index (χ2n) is 9.05. The maximum absolute atomic E-state index is 14.6. The van der Waals surface area contributed by atoms with Gasteiger partial charge in [0.2, 0.25) is 0 Å². The van der Waals surface area contributed by atoms with Gasteiger partial charge in [-0.3, -0.25) is 10.1 Å². The molecule has 1 atom stereocenters. The summed E-state index contributed by atoms with van der Waals surface area (Å²) in [5, 5.41) is 12.8. The summed E-state index contributed by atoms with van der Waals surface area (Å²) in [6.07, 6.45) is 6.83. The van der Waals surface area contributed by atoms with Gasteiger partial charge in [0.05, 0.1) is 23.3 Å². The van der Waals surface area contributed by atoms with Gasteiger partial charge in [0, 0.05) is 35.5 Å². The second-order valence-corrected chi connectivity index (χ2v) is 9.05. The van der Waals surface area contributed by atoms with Crippen LogP contribution in [0.2, 0.25) is 0 Å². The number of fused-ring (bicyclic) bond motifs is 2. The van der Waals surface area contributed by atoms with Gasteiger partial charge in [0.25, 0.3) is 0 Å². The Morgan fingerprint density at radius 1 is 1.00 bits per heavy atom. The highest BCUT2D eigenvalue weighted by atomic mass is 19.1. The third-order valence-electron chi connectivity index (χ3n) is 6.82. The number of rotatable bonds is 4. The molecule has 0 aliphatic carbocycles. The highest BCUT2D eigenvalue weighted by molar-refractivity contribution is 5.83. The molecule has 0 bridgehead atoms. The predicted octanol–water partition coefficient (Wildman–Crippen LogP) is 5.35. The number of benzene rings is 2. The van der Waals surface area contributed by atoms with Crippen molar-refractivity contribution >= 4 is 22.4 Å². The third kappa shape index (κ3) is 3.68. The van der Waals surface area contributed by atoms with Gasteiger partial charge in [-0.05, 0) is 61.4 Å². The molecule has 1 saturated heterocycles. The Bertz CT molecular complexity index is 1780. The van der Waals surface area contributed by atoms with E-state index in [4.69, 9.17) is 9.97 Å². The van der Waals surface area contributed by atoms with Gasteiger partial charge in [0.1, 0.15) is 17.5 Å². The molecule has 8 nitrogen and oxygen atoms in total. The molecule has 2 aromatic carbocycles. The molecule has 37 heavy (non-hydrogen) atoms. The quantitative estimate of drug-likeness (QED) is 0.356. The Morgan fingerprint density at radius 2 is 1.95 bits per heavy atom. The number of hydrogen-bond acceptors (Lipinski definition) is 6. The number of halogens is 2. The summed E-state index contributed by atoms with van der Waals surface area (Å²) < 4.78 is 30.1. The van der Waals surface area contributed by atoms with Crippen LogP contribution in [0.1, 0.15) is 24.4 Å². The third-order valence-corrected chi connectivity index (χ3v) is 6.82. The fourth-order valence-electron chi connectivity index (χ4n) is 5.05. The molecule has 1 fully saturated rings. The number of anilines is 1. The number of aromatic amines is 1. The average Bonchev–Trinajstić information content (AvgIpc) is 3.69. The number of H-pyrrole nitrogens is 1. The second kappa shape index (κ2) is 8.44. The minimum absolute atomic E-state index is 0.295. The standard InChI is InChI=1S/C27H20F2N8/c28-18-6-7-21(29)19(14-18)23-4-2-11-36(23)24-9-12-37-27(32-24)20(15-31-37)26-33-25(34-35-26)17-5-8-22-16(13-17)3-1-10-30-22/h1,3,5-10,12-15,23H,2,4,11H2,(H,33,34,35)/t23-/m1/s1. The summed E-state index contributed by atoms with van der Waals surface area (Å²) in [5.74, 6) is 0.895. The SMILES string of the molecule is Fc1ccc(F)c([C@H]2CCCN2c2ccn3ncc(-c4nc(-c5ccc6ncccc6c5)n[nH]4)c3n2)c1. The zero-order chi connectivity index (χ0) is 24.9. The smallest absolute Gasteiger partial charge is 0.181 e. The van der Waals surface area contributed by atoms with E-state index in [0.717, 1.165) is 29.0 Å². The summed E-state index contributed by atoms with van der Waals surface area (Å²) >= 11 is 0. The van der Waals surface area contributed by atoms with Gasteiger partial charge in [-0.15, -0.1) is 0 Å². The van der Waals surface area contributed by atoms with Crippen LogP contribution >= 0.6 is 0 Å². The summed E-state index contributed by atoms with van der Waals surface area (Å²) in [6.45, 7) is 0.691. The molecule has 1 aliphatic heterocycles. The minimum atomic E-state index is -0.450. The Kier molecular flexibility index (Phi) is 4.91. The lowest BCUT2D eigenvalue weighted by atomic mass is 10.0. The Morgan fingerprint density at radius 3 is 2.89 bits per heavy atom. The van der Waals surface area contributed by atoms with Crippen molar-refractivity contribution in [1.29, 1.82) is 0 Å². The van der Waals surface area contributed by atoms with Crippen molar-refractivity contribution in [2.45, 2.75) is 18.9 Å². The Balaban J connectivity index is 1.25. The first kappa shape index (κ1) is 21.5. The van der Waals surface area contributed by atoms with Gasteiger partial charge in [-0.2, -0.15) is 10.2 Å². The molecule has 1 aliphatic rings. The zero-order valence-electron chi connectivity index (χ0n) is 19.5. The van der Waals surface area contributed by atoms with Gasteiger partial charge in [-0.25, -0.2) is 23.3 Å². The number of pyridine rings is 1. The van der Waals surface area contributed by atoms with Crippen LogP contribution < -0.4 is 4.90 Å². The summed E-state index contributed by atoms with van der Waals surface area (Å²) in [5.41, 5.74) is 3.40. The molecule has 0 amide bonds. The van der Waals surface area contributed by atoms with Gasteiger partial charge >= 0.3 is 0 Å². The van der Waals surface area contributed by atoms with Crippen molar-refractivity contribution in [3.63, 3.8) is 0 Å². The van der Waals surface area contributed by atoms with E-state index in [-0.39, 0.29) is 6.04 Å². The van der Waals surface area contributed by atoms with E-state index < -0.39 is 11.6 Å².